The summed E-state index contributed by atoms with van der Waals surface area (Å²) in [5.41, 5.74) is 6.46. The Hall–Kier alpha value is -1.55. The Labute approximate surface area is 126 Å². The lowest BCUT2D eigenvalue weighted by Crippen LogP contribution is -2.47. The van der Waals surface area contributed by atoms with Crippen molar-refractivity contribution in [2.24, 2.45) is 5.73 Å². The molecule has 0 heterocycles. The van der Waals surface area contributed by atoms with Crippen LogP contribution in [-0.4, -0.2) is 24.2 Å². The Bertz CT molecular complexity index is 501. The van der Waals surface area contributed by atoms with Crippen LogP contribution in [0.15, 0.2) is 24.3 Å². The number of carbonyl (C=O) groups excluding carboxylic acids is 1. The molecule has 2 atom stereocenters. The number of benzene rings is 1. The van der Waals surface area contributed by atoms with E-state index in [1.807, 2.05) is 18.2 Å². The lowest BCUT2D eigenvalue weighted by molar-refractivity contribution is -0.149. The van der Waals surface area contributed by atoms with Gasteiger partial charge in [-0.2, -0.15) is 0 Å². The zero-order valence-corrected chi connectivity index (χ0v) is 13.1. The van der Waals surface area contributed by atoms with E-state index in [0.29, 0.717) is 25.4 Å². The summed E-state index contributed by atoms with van der Waals surface area (Å²) in [6.07, 6.45) is 1.87. The van der Waals surface area contributed by atoms with Crippen LogP contribution in [0.5, 0.6) is 5.75 Å². The van der Waals surface area contributed by atoms with E-state index in [0.717, 1.165) is 12.2 Å². The Kier molecular flexibility index (Phi) is 4.88. The molecule has 1 fully saturated rings. The third kappa shape index (κ3) is 3.56. The molecule has 0 radical (unpaired) electrons. The summed E-state index contributed by atoms with van der Waals surface area (Å²) in [6.45, 7) is 6.44. The molecule has 1 aromatic rings. The van der Waals surface area contributed by atoms with Crippen LogP contribution < -0.4 is 10.5 Å². The Morgan fingerprint density at radius 3 is 2.81 bits per heavy atom. The van der Waals surface area contributed by atoms with Gasteiger partial charge in [0.25, 0.3) is 0 Å². The number of hydrogen-bond donors (Lipinski definition) is 1. The highest BCUT2D eigenvalue weighted by molar-refractivity contribution is 5.81. The van der Waals surface area contributed by atoms with Gasteiger partial charge in [0.15, 0.2) is 0 Å². The largest absolute Gasteiger partial charge is 0.490 e. The maximum absolute atomic E-state index is 11.9. The first-order valence-corrected chi connectivity index (χ1v) is 7.68. The summed E-state index contributed by atoms with van der Waals surface area (Å²) in [5.74, 6) is 0.981. The fourth-order valence-corrected chi connectivity index (χ4v) is 2.83. The van der Waals surface area contributed by atoms with Crippen molar-refractivity contribution in [2.75, 3.05) is 6.61 Å². The second-order valence-electron chi connectivity index (χ2n) is 6.05. The van der Waals surface area contributed by atoms with Crippen molar-refractivity contribution in [3.63, 3.8) is 0 Å². The maximum atomic E-state index is 11.9. The van der Waals surface area contributed by atoms with Gasteiger partial charge in [0.2, 0.25) is 0 Å². The molecule has 2 N–H and O–H groups in total. The fourth-order valence-electron chi connectivity index (χ4n) is 2.83. The third-order valence-electron chi connectivity index (χ3n) is 4.02. The average Bonchev–Trinajstić information content (AvgIpc) is 2.82. The quantitative estimate of drug-likeness (QED) is 0.847. The molecular weight excluding hydrogens is 266 g/mol. The molecule has 2 rings (SSSR count). The first-order chi connectivity index (χ1) is 9.96. The first kappa shape index (κ1) is 15.8. The van der Waals surface area contributed by atoms with Gasteiger partial charge in [0.1, 0.15) is 17.4 Å². The zero-order chi connectivity index (χ0) is 15.5. The van der Waals surface area contributed by atoms with Crippen molar-refractivity contribution in [2.45, 2.75) is 57.6 Å². The number of para-hydroxylation sites is 1. The number of esters is 1. The summed E-state index contributed by atoms with van der Waals surface area (Å²) in [7, 11) is 0. The van der Waals surface area contributed by atoms with Gasteiger partial charge in [-0.15, -0.1) is 0 Å². The van der Waals surface area contributed by atoms with Gasteiger partial charge in [-0.3, -0.25) is 4.79 Å². The molecule has 0 amide bonds. The zero-order valence-electron chi connectivity index (χ0n) is 13.1. The van der Waals surface area contributed by atoms with Crippen LogP contribution >= 0.6 is 0 Å². The highest BCUT2D eigenvalue weighted by Crippen LogP contribution is 2.34. The van der Waals surface area contributed by atoms with E-state index in [4.69, 9.17) is 15.2 Å². The summed E-state index contributed by atoms with van der Waals surface area (Å²) in [6, 6.07) is 8.05. The number of ether oxygens (including phenoxy) is 2. The van der Waals surface area contributed by atoms with E-state index in [1.54, 1.807) is 6.92 Å². The lowest BCUT2D eigenvalue weighted by atomic mass is 9.99. The number of nitrogens with two attached hydrogens (primary N) is 1. The predicted molar refractivity (Wildman–Crippen MR) is 82.3 cm³/mol. The van der Waals surface area contributed by atoms with Crippen molar-refractivity contribution in [3.05, 3.63) is 29.8 Å². The minimum absolute atomic E-state index is 0.0284. The van der Waals surface area contributed by atoms with Crippen LogP contribution in [0.1, 0.15) is 51.5 Å². The molecule has 1 aliphatic carbocycles. The smallest absolute Gasteiger partial charge is 0.326 e. The van der Waals surface area contributed by atoms with Crippen LogP contribution in [0.4, 0.5) is 0 Å². The first-order valence-electron chi connectivity index (χ1n) is 7.68. The average molecular weight is 291 g/mol. The van der Waals surface area contributed by atoms with Crippen LogP contribution in [-0.2, 0) is 9.53 Å². The van der Waals surface area contributed by atoms with Crippen molar-refractivity contribution in [3.8, 4) is 5.75 Å². The van der Waals surface area contributed by atoms with Crippen molar-refractivity contribution < 1.29 is 14.3 Å². The van der Waals surface area contributed by atoms with Crippen LogP contribution in [0.3, 0.4) is 0 Å². The summed E-state index contributed by atoms with van der Waals surface area (Å²) in [5, 5.41) is 0. The fraction of sp³-hybridized carbons (Fsp3) is 0.588. The van der Waals surface area contributed by atoms with E-state index < -0.39 is 5.54 Å². The molecule has 1 saturated carbocycles. The molecule has 1 aromatic carbocycles. The highest BCUT2D eigenvalue weighted by atomic mass is 16.5. The molecule has 2 unspecified atom stereocenters. The molecule has 0 spiro atoms. The predicted octanol–water partition coefficient (Wildman–Crippen LogP) is 3.00. The van der Waals surface area contributed by atoms with Gasteiger partial charge in [-0.25, -0.2) is 0 Å². The molecule has 0 aromatic heterocycles. The van der Waals surface area contributed by atoms with E-state index >= 15 is 0 Å². The molecule has 0 saturated heterocycles. The molecular formula is C17H25NO3. The van der Waals surface area contributed by atoms with Crippen LogP contribution in [0.25, 0.3) is 0 Å². The normalized spacial score (nSPS) is 25.1. The monoisotopic (exact) mass is 291 g/mol. The minimum atomic E-state index is -0.895. The van der Waals surface area contributed by atoms with Crippen LogP contribution in [0, 0.1) is 0 Å². The summed E-state index contributed by atoms with van der Waals surface area (Å²) >= 11 is 0. The Balaban J connectivity index is 2.05. The molecule has 1 aliphatic rings. The SMILES string of the molecule is CCOC(=O)C1(N)CCC(Oc2ccccc2C(C)C)C1. The van der Waals surface area contributed by atoms with Gasteiger partial charge in [0.05, 0.1) is 6.61 Å². The maximum Gasteiger partial charge on any atom is 0.326 e. The second-order valence-corrected chi connectivity index (χ2v) is 6.05. The van der Waals surface area contributed by atoms with E-state index in [1.165, 1.54) is 5.56 Å². The van der Waals surface area contributed by atoms with Gasteiger partial charge >= 0.3 is 5.97 Å². The molecule has 4 nitrogen and oxygen atoms in total. The number of hydrogen-bond acceptors (Lipinski definition) is 4. The van der Waals surface area contributed by atoms with Gasteiger partial charge in [-0.05, 0) is 37.3 Å². The van der Waals surface area contributed by atoms with Crippen molar-refractivity contribution in [1.82, 2.24) is 0 Å². The topological polar surface area (TPSA) is 61.5 Å². The Morgan fingerprint density at radius 2 is 2.14 bits per heavy atom. The Morgan fingerprint density at radius 1 is 1.43 bits per heavy atom. The number of rotatable bonds is 5. The highest BCUT2D eigenvalue weighted by Gasteiger charge is 2.44. The summed E-state index contributed by atoms with van der Waals surface area (Å²) in [4.78, 5) is 11.9. The molecule has 4 heteroatoms. The van der Waals surface area contributed by atoms with Gasteiger partial charge in [0, 0.05) is 6.42 Å². The van der Waals surface area contributed by atoms with Gasteiger partial charge in [-0.1, -0.05) is 32.0 Å². The van der Waals surface area contributed by atoms with E-state index in [2.05, 4.69) is 19.9 Å². The second kappa shape index (κ2) is 6.48. The van der Waals surface area contributed by atoms with Crippen molar-refractivity contribution in [1.29, 1.82) is 0 Å². The summed E-state index contributed by atoms with van der Waals surface area (Å²) < 4.78 is 11.2. The molecule has 21 heavy (non-hydrogen) atoms. The molecule has 116 valence electrons. The standard InChI is InChI=1S/C17H25NO3/c1-4-20-16(19)17(18)10-9-13(11-17)21-15-8-6-5-7-14(15)12(2)3/h5-8,12-13H,4,9-11,18H2,1-3H3. The van der Waals surface area contributed by atoms with E-state index in [-0.39, 0.29) is 12.1 Å². The molecule has 0 bridgehead atoms. The van der Waals surface area contributed by atoms with E-state index in [9.17, 15) is 4.79 Å². The lowest BCUT2D eigenvalue weighted by Gasteiger charge is -2.22. The van der Waals surface area contributed by atoms with Gasteiger partial charge < -0.3 is 15.2 Å². The molecule has 0 aliphatic heterocycles. The minimum Gasteiger partial charge on any atom is -0.490 e. The number of carbonyl (C=O) groups is 1. The van der Waals surface area contributed by atoms with Crippen LogP contribution in [0.2, 0.25) is 0 Å². The van der Waals surface area contributed by atoms with Crippen molar-refractivity contribution >= 4 is 5.97 Å². The third-order valence-corrected chi connectivity index (χ3v) is 4.02.